The van der Waals surface area contributed by atoms with Crippen LogP contribution < -0.4 is 22.1 Å². The number of aromatic nitrogens is 1. The molecule has 0 aliphatic carbocycles. The zero-order chi connectivity index (χ0) is 22.1. The molecule has 0 radical (unpaired) electrons. The highest BCUT2D eigenvalue weighted by Gasteiger charge is 2.33. The Hall–Kier alpha value is -2.77. The number of nitrogens with two attached hydrogens (primary N) is 2. The molecule has 1 aromatic carbocycles. The van der Waals surface area contributed by atoms with Crippen LogP contribution in [-0.4, -0.2) is 24.5 Å². The van der Waals surface area contributed by atoms with Crippen LogP contribution >= 0.6 is 0 Å². The zero-order valence-electron chi connectivity index (χ0n) is 17.7. The zero-order valence-corrected chi connectivity index (χ0v) is 17.7. The Morgan fingerprint density at radius 1 is 1.20 bits per heavy atom. The van der Waals surface area contributed by atoms with Crippen LogP contribution in [0.5, 0.6) is 0 Å². The van der Waals surface area contributed by atoms with E-state index in [4.69, 9.17) is 11.5 Å². The minimum absolute atomic E-state index is 0.0358. The first-order chi connectivity index (χ1) is 14.3. The summed E-state index contributed by atoms with van der Waals surface area (Å²) in [6, 6.07) is 13.4. The molecule has 1 aliphatic heterocycles. The number of pyridine rings is 1. The van der Waals surface area contributed by atoms with E-state index >= 15 is 0 Å². The molecule has 5 nitrogen and oxygen atoms in total. The first-order valence-corrected chi connectivity index (χ1v) is 10.0. The first kappa shape index (κ1) is 23.5. The molecule has 7 heteroatoms. The molecule has 30 heavy (non-hydrogen) atoms. The van der Waals surface area contributed by atoms with Crippen LogP contribution in [0.4, 0.5) is 14.6 Å². The van der Waals surface area contributed by atoms with Crippen molar-refractivity contribution in [3.63, 3.8) is 0 Å². The fourth-order valence-electron chi connectivity index (χ4n) is 3.24. The van der Waals surface area contributed by atoms with Crippen molar-refractivity contribution in [3.05, 3.63) is 83.2 Å². The Bertz CT molecular complexity index is 859. The summed E-state index contributed by atoms with van der Waals surface area (Å²) in [5.74, 6) is -2.60. The molecule has 162 valence electrons. The number of likely N-dealkylation sites (N-methyl/N-ethyl adjacent to an activating group) is 1. The number of benzene rings is 1. The number of halogens is 2. The van der Waals surface area contributed by atoms with Crippen molar-refractivity contribution in [1.82, 2.24) is 15.6 Å². The Morgan fingerprint density at radius 3 is 2.47 bits per heavy atom. The molecular formula is C23H31F2N5. The highest BCUT2D eigenvalue weighted by atomic mass is 19.3. The monoisotopic (exact) mass is 415 g/mol. The second kappa shape index (κ2) is 10.8. The van der Waals surface area contributed by atoms with E-state index in [1.165, 1.54) is 11.6 Å². The molecule has 0 saturated heterocycles. The predicted molar refractivity (Wildman–Crippen MR) is 119 cm³/mol. The minimum Gasteiger partial charge on any atom is -0.383 e. The number of nitrogens with one attached hydrogen (secondary N) is 2. The van der Waals surface area contributed by atoms with Crippen molar-refractivity contribution in [2.45, 2.75) is 38.3 Å². The maximum atomic E-state index is 13.7. The van der Waals surface area contributed by atoms with Crippen LogP contribution in [0.1, 0.15) is 43.5 Å². The molecule has 2 atom stereocenters. The van der Waals surface area contributed by atoms with Gasteiger partial charge >= 0.3 is 0 Å². The van der Waals surface area contributed by atoms with Crippen molar-refractivity contribution in [2.24, 2.45) is 5.73 Å². The van der Waals surface area contributed by atoms with Crippen LogP contribution in [-0.2, 0) is 0 Å². The maximum absolute atomic E-state index is 13.7. The first-order valence-electron chi connectivity index (χ1n) is 10.0. The van der Waals surface area contributed by atoms with Crippen LogP contribution in [0.2, 0.25) is 0 Å². The predicted octanol–water partition coefficient (Wildman–Crippen LogP) is 4.09. The van der Waals surface area contributed by atoms with Crippen molar-refractivity contribution in [3.8, 4) is 0 Å². The minimum atomic E-state index is -2.93. The summed E-state index contributed by atoms with van der Waals surface area (Å²) in [6.45, 7) is 3.49. The lowest BCUT2D eigenvalue weighted by molar-refractivity contribution is 0.0648. The van der Waals surface area contributed by atoms with Crippen LogP contribution in [0.15, 0.2) is 72.1 Å². The number of anilines is 1. The molecule has 1 aromatic heterocycles. The second-order valence-electron chi connectivity index (χ2n) is 7.12. The van der Waals surface area contributed by atoms with Gasteiger partial charge in [0.25, 0.3) is 5.92 Å². The number of hydrogen-bond donors (Lipinski definition) is 4. The molecule has 0 fully saturated rings. The number of allylic oxidation sites excluding steroid dienone is 2. The van der Waals surface area contributed by atoms with Gasteiger partial charge in [-0.25, -0.2) is 13.8 Å². The van der Waals surface area contributed by atoms with E-state index in [1.54, 1.807) is 31.5 Å². The van der Waals surface area contributed by atoms with Crippen molar-refractivity contribution >= 4 is 5.82 Å². The summed E-state index contributed by atoms with van der Waals surface area (Å²) in [5.41, 5.74) is 13.9. The van der Waals surface area contributed by atoms with Gasteiger partial charge in [-0.1, -0.05) is 55.5 Å². The van der Waals surface area contributed by atoms with Gasteiger partial charge in [0.1, 0.15) is 5.82 Å². The molecule has 3 rings (SSSR count). The van der Waals surface area contributed by atoms with E-state index in [0.29, 0.717) is 23.6 Å². The third-order valence-corrected chi connectivity index (χ3v) is 4.89. The molecule has 2 heterocycles. The van der Waals surface area contributed by atoms with E-state index in [0.717, 1.165) is 13.3 Å². The fourth-order valence-corrected chi connectivity index (χ4v) is 3.24. The van der Waals surface area contributed by atoms with E-state index < -0.39 is 12.0 Å². The number of hydrogen-bond acceptors (Lipinski definition) is 5. The van der Waals surface area contributed by atoms with Crippen LogP contribution in [0, 0.1) is 0 Å². The summed E-state index contributed by atoms with van der Waals surface area (Å²) in [5, 5.41) is 6.04. The smallest absolute Gasteiger partial charge is 0.272 e. The van der Waals surface area contributed by atoms with Gasteiger partial charge in [-0.3, -0.25) is 0 Å². The number of alkyl halides is 2. The van der Waals surface area contributed by atoms with Gasteiger partial charge in [-0.2, -0.15) is 0 Å². The van der Waals surface area contributed by atoms with Crippen LogP contribution in [0.25, 0.3) is 0 Å². The van der Waals surface area contributed by atoms with Crippen LogP contribution in [0.3, 0.4) is 0 Å². The highest BCUT2D eigenvalue weighted by molar-refractivity contribution is 5.48. The third-order valence-electron chi connectivity index (χ3n) is 4.89. The molecular weight excluding hydrogens is 384 g/mol. The van der Waals surface area contributed by atoms with Gasteiger partial charge in [-0.05, 0) is 25.1 Å². The van der Waals surface area contributed by atoms with Crippen molar-refractivity contribution in [1.29, 1.82) is 0 Å². The van der Waals surface area contributed by atoms with E-state index in [9.17, 15) is 8.78 Å². The normalized spacial score (nSPS) is 15.7. The van der Waals surface area contributed by atoms with E-state index in [-0.39, 0.29) is 11.6 Å². The second-order valence-corrected chi connectivity index (χ2v) is 7.12. The summed E-state index contributed by atoms with van der Waals surface area (Å²) in [6.07, 6.45) is 5.71. The standard InChI is InChI=1S/C14H18F2N4.C9H13N/c1-14(15,16)10-6-4-7-19-12(10)11(18-2)9-5-3-8-20-13(9)17;1-2-9(10)8-6-4-3-5-7-8/h3-6,8,11,18-19H,7H2,1-2H3,(H2,17,20);3-7,9H,2,10H2,1H3. The molecule has 0 amide bonds. The quantitative estimate of drug-likeness (QED) is 0.571. The van der Waals surface area contributed by atoms with E-state index in [2.05, 4.69) is 34.7 Å². The van der Waals surface area contributed by atoms with Crippen molar-refractivity contribution in [2.75, 3.05) is 19.3 Å². The Kier molecular flexibility index (Phi) is 8.50. The number of rotatable bonds is 6. The summed E-state index contributed by atoms with van der Waals surface area (Å²) < 4.78 is 27.5. The SMILES string of the molecule is CCC(N)c1ccccc1.CNC(C1=C(C(C)(F)F)C=CCN1)c1cccnc1N. The summed E-state index contributed by atoms with van der Waals surface area (Å²) >= 11 is 0. The molecule has 6 N–H and O–H groups in total. The third kappa shape index (κ3) is 6.11. The van der Waals surface area contributed by atoms with E-state index in [1.807, 2.05) is 18.2 Å². The molecule has 0 spiro atoms. The topological polar surface area (TPSA) is 89.0 Å². The molecule has 0 saturated carbocycles. The Balaban J connectivity index is 0.000000269. The maximum Gasteiger partial charge on any atom is 0.272 e. The average Bonchev–Trinajstić information content (AvgIpc) is 2.76. The number of dihydropyridines is 1. The lowest BCUT2D eigenvalue weighted by atomic mass is 9.95. The molecule has 2 aromatic rings. The molecule has 2 unspecified atom stereocenters. The molecule has 0 bridgehead atoms. The Labute approximate surface area is 177 Å². The highest BCUT2D eigenvalue weighted by Crippen LogP contribution is 2.34. The van der Waals surface area contributed by atoms with Gasteiger partial charge in [0, 0.05) is 42.5 Å². The van der Waals surface area contributed by atoms with Gasteiger partial charge in [0.15, 0.2) is 0 Å². The fraction of sp³-hybridized carbons (Fsp3) is 0.348. The average molecular weight is 416 g/mol. The largest absolute Gasteiger partial charge is 0.383 e. The number of nitrogen functional groups attached to an aromatic ring is 1. The van der Waals surface area contributed by atoms with Gasteiger partial charge < -0.3 is 22.1 Å². The lowest BCUT2D eigenvalue weighted by Gasteiger charge is -2.29. The van der Waals surface area contributed by atoms with Gasteiger partial charge in [0.05, 0.1) is 6.04 Å². The number of nitrogens with zero attached hydrogens (tertiary/aromatic N) is 1. The van der Waals surface area contributed by atoms with Gasteiger partial charge in [0.2, 0.25) is 0 Å². The summed E-state index contributed by atoms with van der Waals surface area (Å²) in [4.78, 5) is 4.01. The Morgan fingerprint density at radius 2 is 1.90 bits per heavy atom. The van der Waals surface area contributed by atoms with Crippen molar-refractivity contribution < 1.29 is 8.78 Å². The summed E-state index contributed by atoms with van der Waals surface area (Å²) in [7, 11) is 1.70. The molecule has 1 aliphatic rings. The van der Waals surface area contributed by atoms with Gasteiger partial charge in [-0.15, -0.1) is 0 Å². The lowest BCUT2D eigenvalue weighted by Crippen LogP contribution is -2.34.